The topological polar surface area (TPSA) is 55.5 Å². The van der Waals surface area contributed by atoms with Crippen molar-refractivity contribution in [2.45, 2.75) is 31.6 Å². The largest absolute Gasteiger partial charge is 0.493 e. The summed E-state index contributed by atoms with van der Waals surface area (Å²) in [7, 11) is 0. The first-order valence-corrected chi connectivity index (χ1v) is 9.52. The molecule has 2 aliphatic rings. The zero-order valence-electron chi connectivity index (χ0n) is 14.8. The molecule has 1 saturated carbocycles. The summed E-state index contributed by atoms with van der Waals surface area (Å²) in [6.07, 6.45) is 4.77. The monoisotopic (exact) mass is 349 g/mol. The summed E-state index contributed by atoms with van der Waals surface area (Å²) in [6, 6.07) is 14.2. The number of anilines is 1. The first kappa shape index (κ1) is 15.6. The third-order valence-electron chi connectivity index (χ3n) is 5.29. The van der Waals surface area contributed by atoms with E-state index in [9.17, 15) is 0 Å². The van der Waals surface area contributed by atoms with Gasteiger partial charge in [-0.1, -0.05) is 18.2 Å². The molecule has 26 heavy (non-hydrogen) atoms. The number of fused-ring (bicyclic) bond motifs is 1. The fourth-order valence-corrected chi connectivity index (χ4v) is 3.70. The summed E-state index contributed by atoms with van der Waals surface area (Å²) < 4.78 is 7.92. The Hall–Kier alpha value is -2.63. The van der Waals surface area contributed by atoms with E-state index in [0.29, 0.717) is 11.8 Å². The number of benzene rings is 1. The van der Waals surface area contributed by atoms with Gasteiger partial charge in [-0.15, -0.1) is 15.3 Å². The molecule has 2 fully saturated rings. The number of ether oxygens (including phenoxy) is 1. The minimum Gasteiger partial charge on any atom is -0.493 e. The molecule has 1 saturated heterocycles. The summed E-state index contributed by atoms with van der Waals surface area (Å²) in [5, 5.41) is 13.4. The first-order chi connectivity index (χ1) is 12.9. The Kier molecular flexibility index (Phi) is 3.96. The summed E-state index contributed by atoms with van der Waals surface area (Å²) in [4.78, 5) is 2.37. The molecule has 0 amide bonds. The van der Waals surface area contributed by atoms with Crippen LogP contribution in [0.2, 0.25) is 0 Å². The smallest absolute Gasteiger partial charge is 0.178 e. The van der Waals surface area contributed by atoms with Gasteiger partial charge < -0.3 is 9.64 Å². The molecule has 1 atom stereocenters. The molecule has 2 aromatic heterocycles. The van der Waals surface area contributed by atoms with Gasteiger partial charge in [0.1, 0.15) is 11.6 Å². The van der Waals surface area contributed by atoms with E-state index in [4.69, 9.17) is 9.84 Å². The molecule has 1 aliphatic heterocycles. The molecule has 3 heterocycles. The van der Waals surface area contributed by atoms with Gasteiger partial charge in [0.2, 0.25) is 0 Å². The van der Waals surface area contributed by atoms with Crippen LogP contribution in [0.1, 0.15) is 37.4 Å². The molecule has 6 heteroatoms. The molecule has 0 spiro atoms. The minimum atomic E-state index is 0.519. The van der Waals surface area contributed by atoms with E-state index in [2.05, 4.69) is 21.2 Å². The Balaban J connectivity index is 1.30. The van der Waals surface area contributed by atoms with E-state index in [-0.39, 0.29) is 0 Å². The van der Waals surface area contributed by atoms with Crippen molar-refractivity contribution in [2.75, 3.05) is 24.6 Å². The number of para-hydroxylation sites is 1. The van der Waals surface area contributed by atoms with E-state index in [1.807, 2.05) is 40.9 Å². The molecular formula is C20H23N5O. The Morgan fingerprint density at radius 3 is 2.73 bits per heavy atom. The van der Waals surface area contributed by atoms with Crippen molar-refractivity contribution >= 4 is 11.5 Å². The number of hydrogen-bond acceptors (Lipinski definition) is 5. The quantitative estimate of drug-likeness (QED) is 0.707. The van der Waals surface area contributed by atoms with Gasteiger partial charge in [-0.05, 0) is 49.9 Å². The number of nitrogens with zero attached hydrogens (tertiary/aromatic N) is 5. The van der Waals surface area contributed by atoms with Crippen molar-refractivity contribution in [1.82, 2.24) is 19.8 Å². The van der Waals surface area contributed by atoms with Gasteiger partial charge in [-0.3, -0.25) is 0 Å². The Morgan fingerprint density at radius 1 is 1.00 bits per heavy atom. The SMILES string of the molecule is c1ccc(OCC2CCCN(c3ccc4nnc(C5CC5)n4n3)C2)cc1. The van der Waals surface area contributed by atoms with Gasteiger partial charge >= 0.3 is 0 Å². The fraction of sp³-hybridized carbons (Fsp3) is 0.450. The summed E-state index contributed by atoms with van der Waals surface area (Å²) in [5.41, 5.74) is 0.844. The second-order valence-corrected chi connectivity index (χ2v) is 7.37. The third-order valence-corrected chi connectivity index (χ3v) is 5.29. The van der Waals surface area contributed by atoms with Gasteiger partial charge in [0.25, 0.3) is 0 Å². The van der Waals surface area contributed by atoms with Crippen LogP contribution in [0, 0.1) is 5.92 Å². The van der Waals surface area contributed by atoms with Crippen molar-refractivity contribution in [1.29, 1.82) is 0 Å². The summed E-state index contributed by atoms with van der Waals surface area (Å²) in [6.45, 7) is 2.77. The normalized spacial score (nSPS) is 20.5. The number of piperidine rings is 1. The molecule has 1 aromatic carbocycles. The highest BCUT2D eigenvalue weighted by molar-refractivity contribution is 5.46. The fourth-order valence-electron chi connectivity index (χ4n) is 3.70. The predicted molar refractivity (Wildman–Crippen MR) is 99.6 cm³/mol. The zero-order chi connectivity index (χ0) is 17.3. The van der Waals surface area contributed by atoms with Gasteiger partial charge in [-0.25, -0.2) is 0 Å². The van der Waals surface area contributed by atoms with E-state index >= 15 is 0 Å². The van der Waals surface area contributed by atoms with E-state index in [0.717, 1.165) is 42.7 Å². The summed E-state index contributed by atoms with van der Waals surface area (Å²) in [5.74, 6) is 4.04. The van der Waals surface area contributed by atoms with Crippen LogP contribution >= 0.6 is 0 Å². The lowest BCUT2D eigenvalue weighted by Crippen LogP contribution is -2.38. The second-order valence-electron chi connectivity index (χ2n) is 7.37. The molecule has 6 nitrogen and oxygen atoms in total. The van der Waals surface area contributed by atoms with E-state index in [1.165, 1.54) is 25.7 Å². The average molecular weight is 349 g/mol. The first-order valence-electron chi connectivity index (χ1n) is 9.52. The maximum absolute atomic E-state index is 5.97. The lowest BCUT2D eigenvalue weighted by molar-refractivity contribution is 0.228. The van der Waals surface area contributed by atoms with Crippen LogP contribution in [0.5, 0.6) is 5.75 Å². The number of hydrogen-bond donors (Lipinski definition) is 0. The van der Waals surface area contributed by atoms with Crippen LogP contribution in [0.3, 0.4) is 0 Å². The van der Waals surface area contributed by atoms with Crippen LogP contribution in [-0.2, 0) is 0 Å². The van der Waals surface area contributed by atoms with Gasteiger partial charge in [-0.2, -0.15) is 4.52 Å². The van der Waals surface area contributed by atoms with Gasteiger partial charge in [0.15, 0.2) is 11.5 Å². The molecule has 0 N–H and O–H groups in total. The number of aromatic nitrogens is 4. The average Bonchev–Trinajstić information content (AvgIpc) is 3.46. The van der Waals surface area contributed by atoms with Crippen LogP contribution in [-0.4, -0.2) is 39.5 Å². The van der Waals surface area contributed by atoms with Crippen molar-refractivity contribution in [3.05, 3.63) is 48.3 Å². The molecule has 5 rings (SSSR count). The minimum absolute atomic E-state index is 0.519. The van der Waals surface area contributed by atoms with Crippen molar-refractivity contribution in [2.24, 2.45) is 5.92 Å². The zero-order valence-corrected chi connectivity index (χ0v) is 14.8. The maximum Gasteiger partial charge on any atom is 0.178 e. The summed E-state index contributed by atoms with van der Waals surface area (Å²) >= 11 is 0. The lowest BCUT2D eigenvalue weighted by atomic mass is 9.99. The molecule has 0 bridgehead atoms. The van der Waals surface area contributed by atoms with Crippen molar-refractivity contribution in [3.8, 4) is 5.75 Å². The Labute approximate surface area is 152 Å². The highest BCUT2D eigenvalue weighted by atomic mass is 16.5. The number of rotatable bonds is 5. The standard InChI is InChI=1S/C20H23N5O/c1-2-6-17(7-3-1)26-14-15-5-4-12-24(13-15)19-11-10-18-21-22-20(16-8-9-16)25(18)23-19/h1-3,6-7,10-11,15-16H,4-5,8-9,12-14H2. The van der Waals surface area contributed by atoms with Crippen molar-refractivity contribution < 1.29 is 4.74 Å². The molecule has 0 radical (unpaired) electrons. The van der Waals surface area contributed by atoms with Crippen LogP contribution in [0.25, 0.3) is 5.65 Å². The third kappa shape index (κ3) is 3.11. The second kappa shape index (κ2) is 6.59. The predicted octanol–water partition coefficient (Wildman–Crippen LogP) is 3.30. The van der Waals surface area contributed by atoms with Crippen LogP contribution < -0.4 is 9.64 Å². The highest BCUT2D eigenvalue weighted by Gasteiger charge is 2.30. The molecular weight excluding hydrogens is 326 g/mol. The Bertz CT molecular complexity index is 890. The maximum atomic E-state index is 5.97. The molecule has 1 unspecified atom stereocenters. The van der Waals surface area contributed by atoms with Gasteiger partial charge in [0.05, 0.1) is 6.61 Å². The lowest BCUT2D eigenvalue weighted by Gasteiger charge is -2.33. The van der Waals surface area contributed by atoms with Crippen LogP contribution in [0.15, 0.2) is 42.5 Å². The van der Waals surface area contributed by atoms with Crippen LogP contribution in [0.4, 0.5) is 5.82 Å². The van der Waals surface area contributed by atoms with Crippen molar-refractivity contribution in [3.63, 3.8) is 0 Å². The molecule has 1 aliphatic carbocycles. The molecule has 3 aromatic rings. The Morgan fingerprint density at radius 2 is 1.88 bits per heavy atom. The van der Waals surface area contributed by atoms with Gasteiger partial charge in [0, 0.05) is 24.9 Å². The highest BCUT2D eigenvalue weighted by Crippen LogP contribution is 2.38. The van der Waals surface area contributed by atoms with E-state index < -0.39 is 0 Å². The molecule has 134 valence electrons. The van der Waals surface area contributed by atoms with E-state index in [1.54, 1.807) is 0 Å².